The van der Waals surface area contributed by atoms with Gasteiger partial charge in [-0.05, 0) is 26.0 Å². The van der Waals surface area contributed by atoms with Gasteiger partial charge in [0.2, 0.25) is 0 Å². The lowest BCUT2D eigenvalue weighted by Crippen LogP contribution is -2.43. The number of aromatic amines is 1. The van der Waals surface area contributed by atoms with Crippen molar-refractivity contribution in [2.45, 2.75) is 32.2 Å². The Morgan fingerprint density at radius 1 is 1.12 bits per heavy atom. The zero-order chi connectivity index (χ0) is 22.5. The Hall–Kier alpha value is -3.54. The van der Waals surface area contributed by atoms with Crippen LogP contribution in [0.4, 0.5) is 19.0 Å². The topological polar surface area (TPSA) is 97.1 Å². The van der Waals surface area contributed by atoms with Crippen molar-refractivity contribution in [3.05, 3.63) is 53.9 Å². The summed E-state index contributed by atoms with van der Waals surface area (Å²) in [6, 6.07) is 3.91. The summed E-state index contributed by atoms with van der Waals surface area (Å²) in [4.78, 5) is 14.9. The van der Waals surface area contributed by atoms with E-state index in [-0.39, 0.29) is 12.2 Å². The zero-order valence-electron chi connectivity index (χ0n) is 17.2. The number of halogens is 3. The first-order valence-corrected chi connectivity index (χ1v) is 9.94. The fourth-order valence-corrected chi connectivity index (χ4v) is 3.85. The standard InChI is InChI=1S/C20H19F3N8O/c1-11-8-30(9-16(32-11)13-6-27-28-12(13)2)19-5-14(25-10-26-19)15-7-24-18-4-3-17(20(21,22)23)29-31(15)18/h3-7,10-11,16H,8-9H2,1-2H3,(H,27,28)/t11-,16-/m0/s1. The summed E-state index contributed by atoms with van der Waals surface area (Å²) in [6.45, 7) is 5.06. The van der Waals surface area contributed by atoms with E-state index in [0.29, 0.717) is 35.9 Å². The normalized spacial score (nSPS) is 19.6. The molecular formula is C20H19F3N8O. The lowest BCUT2D eigenvalue weighted by molar-refractivity contribution is -0.141. The van der Waals surface area contributed by atoms with E-state index in [4.69, 9.17) is 4.74 Å². The van der Waals surface area contributed by atoms with Crippen molar-refractivity contribution in [1.29, 1.82) is 0 Å². The maximum atomic E-state index is 13.1. The summed E-state index contributed by atoms with van der Waals surface area (Å²) >= 11 is 0. The van der Waals surface area contributed by atoms with Crippen LogP contribution in [-0.2, 0) is 10.9 Å². The minimum Gasteiger partial charge on any atom is -0.367 e. The van der Waals surface area contributed by atoms with Gasteiger partial charge in [-0.2, -0.15) is 23.4 Å². The van der Waals surface area contributed by atoms with Crippen LogP contribution in [0.5, 0.6) is 0 Å². The molecule has 0 spiro atoms. The van der Waals surface area contributed by atoms with E-state index in [1.807, 2.05) is 13.8 Å². The van der Waals surface area contributed by atoms with E-state index in [1.54, 1.807) is 12.3 Å². The molecule has 166 valence electrons. The Balaban J connectivity index is 1.49. The Morgan fingerprint density at radius 2 is 1.97 bits per heavy atom. The number of morpholine rings is 1. The number of fused-ring (bicyclic) bond motifs is 1. The quantitative estimate of drug-likeness (QED) is 0.518. The number of hydrogen-bond donors (Lipinski definition) is 1. The molecule has 4 aromatic rings. The Labute approximate surface area is 180 Å². The van der Waals surface area contributed by atoms with Crippen LogP contribution in [0, 0.1) is 6.92 Å². The second-order valence-electron chi connectivity index (χ2n) is 7.68. The predicted molar refractivity (Wildman–Crippen MR) is 108 cm³/mol. The number of hydrogen-bond acceptors (Lipinski definition) is 7. The molecule has 1 fully saturated rings. The molecule has 1 N–H and O–H groups in total. The maximum Gasteiger partial charge on any atom is 0.435 e. The van der Waals surface area contributed by atoms with Gasteiger partial charge in [-0.3, -0.25) is 5.10 Å². The molecule has 1 aliphatic heterocycles. The number of anilines is 1. The second-order valence-corrected chi connectivity index (χ2v) is 7.68. The van der Waals surface area contributed by atoms with Gasteiger partial charge in [0.25, 0.3) is 0 Å². The van der Waals surface area contributed by atoms with Crippen molar-refractivity contribution in [3.8, 4) is 11.4 Å². The fourth-order valence-electron chi connectivity index (χ4n) is 3.85. The van der Waals surface area contributed by atoms with E-state index in [2.05, 4.69) is 35.1 Å². The van der Waals surface area contributed by atoms with Crippen LogP contribution >= 0.6 is 0 Å². The minimum atomic E-state index is -4.56. The maximum absolute atomic E-state index is 13.1. The van der Waals surface area contributed by atoms with Crippen molar-refractivity contribution in [3.63, 3.8) is 0 Å². The highest BCUT2D eigenvalue weighted by Crippen LogP contribution is 2.31. The number of H-pyrrole nitrogens is 1. The van der Waals surface area contributed by atoms with Gasteiger partial charge in [0, 0.05) is 23.9 Å². The summed E-state index contributed by atoms with van der Waals surface area (Å²) in [5.74, 6) is 0.637. The average Bonchev–Trinajstić information content (AvgIpc) is 3.38. The van der Waals surface area contributed by atoms with Crippen LogP contribution < -0.4 is 4.90 Å². The first-order chi connectivity index (χ1) is 15.3. The first kappa shape index (κ1) is 20.4. The number of imidazole rings is 1. The molecule has 2 atom stereocenters. The molecule has 0 bridgehead atoms. The second kappa shape index (κ2) is 7.55. The fraction of sp³-hybridized carbons (Fsp3) is 0.350. The zero-order valence-corrected chi connectivity index (χ0v) is 17.2. The van der Waals surface area contributed by atoms with E-state index in [1.165, 1.54) is 18.6 Å². The number of alkyl halides is 3. The van der Waals surface area contributed by atoms with Crippen LogP contribution in [0.2, 0.25) is 0 Å². The molecule has 12 heteroatoms. The monoisotopic (exact) mass is 444 g/mol. The lowest BCUT2D eigenvalue weighted by atomic mass is 10.1. The van der Waals surface area contributed by atoms with Crippen molar-refractivity contribution >= 4 is 11.5 Å². The highest BCUT2D eigenvalue weighted by Gasteiger charge is 2.33. The van der Waals surface area contributed by atoms with Crippen LogP contribution in [-0.4, -0.2) is 54.0 Å². The van der Waals surface area contributed by atoms with E-state index < -0.39 is 11.9 Å². The number of nitrogens with one attached hydrogen (secondary N) is 1. The Bertz CT molecular complexity index is 1270. The molecule has 32 heavy (non-hydrogen) atoms. The first-order valence-electron chi connectivity index (χ1n) is 9.94. The molecule has 0 unspecified atom stereocenters. The number of rotatable bonds is 3. The third-order valence-electron chi connectivity index (χ3n) is 5.37. The molecular weight excluding hydrogens is 425 g/mol. The third-order valence-corrected chi connectivity index (χ3v) is 5.37. The minimum absolute atomic E-state index is 0.0618. The Kier molecular flexibility index (Phi) is 4.81. The number of nitrogens with zero attached hydrogens (tertiary/aromatic N) is 7. The predicted octanol–water partition coefficient (Wildman–Crippen LogP) is 3.20. The summed E-state index contributed by atoms with van der Waals surface area (Å²) in [7, 11) is 0. The molecule has 1 saturated heterocycles. The molecule has 4 aromatic heterocycles. The van der Waals surface area contributed by atoms with Gasteiger partial charge in [0.1, 0.15) is 23.9 Å². The molecule has 5 rings (SSSR count). The van der Waals surface area contributed by atoms with E-state index >= 15 is 0 Å². The summed E-state index contributed by atoms with van der Waals surface area (Å²) < 4.78 is 46.6. The van der Waals surface area contributed by atoms with Crippen molar-refractivity contribution in [2.75, 3.05) is 18.0 Å². The summed E-state index contributed by atoms with van der Waals surface area (Å²) in [5, 5.41) is 10.7. The van der Waals surface area contributed by atoms with E-state index in [0.717, 1.165) is 21.8 Å². The van der Waals surface area contributed by atoms with Gasteiger partial charge < -0.3 is 9.64 Å². The Morgan fingerprint density at radius 3 is 2.72 bits per heavy atom. The molecule has 0 aliphatic carbocycles. The number of aromatic nitrogens is 7. The molecule has 0 aromatic carbocycles. The van der Waals surface area contributed by atoms with E-state index in [9.17, 15) is 13.2 Å². The van der Waals surface area contributed by atoms with Gasteiger partial charge in [-0.15, -0.1) is 0 Å². The van der Waals surface area contributed by atoms with Gasteiger partial charge in [-0.1, -0.05) is 0 Å². The van der Waals surface area contributed by atoms with Crippen LogP contribution in [0.15, 0.2) is 36.9 Å². The smallest absolute Gasteiger partial charge is 0.367 e. The molecule has 1 aliphatic rings. The summed E-state index contributed by atoms with van der Waals surface area (Å²) in [6.07, 6.45) is -0.221. The van der Waals surface area contributed by atoms with Crippen LogP contribution in [0.1, 0.15) is 30.0 Å². The number of ether oxygens (including phenoxy) is 1. The summed E-state index contributed by atoms with van der Waals surface area (Å²) in [5.41, 5.74) is 1.97. The largest absolute Gasteiger partial charge is 0.435 e. The highest BCUT2D eigenvalue weighted by molar-refractivity contribution is 5.62. The molecule has 9 nitrogen and oxygen atoms in total. The lowest BCUT2D eigenvalue weighted by Gasteiger charge is -2.37. The third kappa shape index (κ3) is 3.66. The molecule has 5 heterocycles. The van der Waals surface area contributed by atoms with Crippen LogP contribution in [0.25, 0.3) is 17.0 Å². The highest BCUT2D eigenvalue weighted by atomic mass is 19.4. The van der Waals surface area contributed by atoms with Crippen molar-refractivity contribution in [2.24, 2.45) is 0 Å². The van der Waals surface area contributed by atoms with Gasteiger partial charge in [0.05, 0.1) is 30.7 Å². The molecule has 0 saturated carbocycles. The number of aryl methyl sites for hydroxylation is 1. The van der Waals surface area contributed by atoms with Gasteiger partial charge >= 0.3 is 6.18 Å². The van der Waals surface area contributed by atoms with Gasteiger partial charge in [-0.25, -0.2) is 19.5 Å². The average molecular weight is 444 g/mol. The van der Waals surface area contributed by atoms with Crippen LogP contribution in [0.3, 0.4) is 0 Å². The van der Waals surface area contributed by atoms with Crippen molar-refractivity contribution in [1.82, 2.24) is 34.8 Å². The SMILES string of the molecule is Cc1[nH]ncc1[C@@H]1CN(c2cc(-c3cnc4ccc(C(F)(F)F)nn34)ncn2)C[C@H](C)O1. The van der Waals surface area contributed by atoms with Gasteiger partial charge in [0.15, 0.2) is 11.3 Å². The molecule has 0 radical (unpaired) electrons. The molecule has 0 amide bonds. The van der Waals surface area contributed by atoms with Crippen molar-refractivity contribution < 1.29 is 17.9 Å².